The zero-order valence-corrected chi connectivity index (χ0v) is 14.0. The third-order valence-corrected chi connectivity index (χ3v) is 5.44. The number of hydrogen-bond donors (Lipinski definition) is 2. The van der Waals surface area contributed by atoms with Crippen molar-refractivity contribution in [3.05, 3.63) is 23.5 Å². The molecule has 2 rings (SSSR count). The molecule has 1 saturated heterocycles. The number of aliphatic hydroxyl groups excluding tert-OH is 1. The molecule has 0 radical (unpaired) electrons. The molecule has 2 aliphatic heterocycles. The van der Waals surface area contributed by atoms with E-state index in [2.05, 4.69) is 5.32 Å². The van der Waals surface area contributed by atoms with Gasteiger partial charge < -0.3 is 18.9 Å². The Balaban J connectivity index is 2.10. The first-order valence-corrected chi connectivity index (χ1v) is 8.68. The molecule has 2 N–H and O–H groups in total. The second-order valence-corrected chi connectivity index (χ2v) is 7.49. The SMILES string of the molecule is COP(=O)(/C=C/[C@H]1O[C@@H](C2C=C(C)C(=O)NC2=O)C[C@H]1O)OC. The molecule has 8 nitrogen and oxygen atoms in total. The van der Waals surface area contributed by atoms with Crippen molar-refractivity contribution in [1.82, 2.24) is 5.32 Å². The highest BCUT2D eigenvalue weighted by Gasteiger charge is 2.41. The van der Waals surface area contributed by atoms with Crippen molar-refractivity contribution < 1.29 is 33.0 Å². The van der Waals surface area contributed by atoms with Crippen LogP contribution in [0.5, 0.6) is 0 Å². The average Bonchev–Trinajstić information content (AvgIpc) is 2.89. The van der Waals surface area contributed by atoms with Crippen molar-refractivity contribution >= 4 is 19.4 Å². The van der Waals surface area contributed by atoms with Crippen molar-refractivity contribution in [2.45, 2.75) is 31.7 Å². The van der Waals surface area contributed by atoms with Crippen LogP contribution in [0.1, 0.15) is 13.3 Å². The topological polar surface area (TPSA) is 111 Å². The van der Waals surface area contributed by atoms with Crippen LogP contribution in [0.3, 0.4) is 0 Å². The highest BCUT2D eigenvalue weighted by atomic mass is 31.2. The van der Waals surface area contributed by atoms with Crippen LogP contribution in [0.15, 0.2) is 23.5 Å². The van der Waals surface area contributed by atoms with E-state index in [9.17, 15) is 19.3 Å². The minimum absolute atomic E-state index is 0.218. The van der Waals surface area contributed by atoms with E-state index < -0.39 is 43.6 Å². The fourth-order valence-electron chi connectivity index (χ4n) is 2.50. The van der Waals surface area contributed by atoms with E-state index in [1.165, 1.54) is 26.1 Å². The molecule has 4 atom stereocenters. The fourth-order valence-corrected chi connectivity index (χ4v) is 3.28. The first-order chi connectivity index (χ1) is 10.8. The van der Waals surface area contributed by atoms with Crippen molar-refractivity contribution in [2.24, 2.45) is 5.92 Å². The van der Waals surface area contributed by atoms with Gasteiger partial charge in [0.2, 0.25) is 5.91 Å². The van der Waals surface area contributed by atoms with Crippen LogP contribution in [-0.4, -0.2) is 49.5 Å². The molecule has 2 aliphatic rings. The summed E-state index contributed by atoms with van der Waals surface area (Å²) in [4.78, 5) is 23.3. The fraction of sp³-hybridized carbons (Fsp3) is 0.571. The summed E-state index contributed by atoms with van der Waals surface area (Å²) < 4.78 is 27.1. The van der Waals surface area contributed by atoms with Gasteiger partial charge in [-0.2, -0.15) is 0 Å². The number of aliphatic hydroxyl groups is 1. The number of ether oxygens (including phenoxy) is 1. The van der Waals surface area contributed by atoms with Crippen LogP contribution in [0.4, 0.5) is 0 Å². The lowest BCUT2D eigenvalue weighted by Gasteiger charge is -2.23. The number of nitrogens with one attached hydrogen (secondary N) is 1. The summed E-state index contributed by atoms with van der Waals surface area (Å²) in [6.07, 6.45) is 0.985. The second-order valence-electron chi connectivity index (χ2n) is 5.38. The summed E-state index contributed by atoms with van der Waals surface area (Å²) in [5, 5.41) is 12.3. The van der Waals surface area contributed by atoms with Gasteiger partial charge in [-0.1, -0.05) is 6.08 Å². The number of hydrogen-bond acceptors (Lipinski definition) is 7. The Labute approximate surface area is 134 Å². The van der Waals surface area contributed by atoms with Gasteiger partial charge in [0.15, 0.2) is 0 Å². The maximum atomic E-state index is 11.9. The second kappa shape index (κ2) is 7.07. The van der Waals surface area contributed by atoms with Crippen molar-refractivity contribution in [3.8, 4) is 0 Å². The molecule has 2 amide bonds. The van der Waals surface area contributed by atoms with Crippen LogP contribution in [-0.2, 0) is 27.9 Å². The molecule has 1 unspecified atom stereocenters. The Morgan fingerprint density at radius 2 is 2.04 bits per heavy atom. The van der Waals surface area contributed by atoms with E-state index in [-0.39, 0.29) is 6.42 Å². The summed E-state index contributed by atoms with van der Waals surface area (Å²) in [6, 6.07) is 0. The molecule has 0 aromatic heterocycles. The molecule has 0 spiro atoms. The summed E-state index contributed by atoms with van der Waals surface area (Å²) in [6.45, 7) is 1.60. The summed E-state index contributed by atoms with van der Waals surface area (Å²) in [7, 11) is -0.849. The summed E-state index contributed by atoms with van der Waals surface area (Å²) in [5.41, 5.74) is 0.426. The van der Waals surface area contributed by atoms with Crippen LogP contribution >= 0.6 is 7.60 Å². The van der Waals surface area contributed by atoms with Gasteiger partial charge in [0.25, 0.3) is 5.91 Å². The molecular formula is C14H20NO7P. The Bertz CT molecular complexity index is 592. The average molecular weight is 345 g/mol. The highest BCUT2D eigenvalue weighted by Crippen LogP contribution is 2.48. The number of imide groups is 1. The van der Waals surface area contributed by atoms with Crippen LogP contribution in [0.25, 0.3) is 0 Å². The smallest absolute Gasteiger partial charge is 0.353 e. The Hall–Kier alpha value is -1.31. The van der Waals surface area contributed by atoms with Crippen LogP contribution in [0.2, 0.25) is 0 Å². The van der Waals surface area contributed by atoms with Gasteiger partial charge in [-0.15, -0.1) is 0 Å². The third-order valence-electron chi connectivity index (χ3n) is 3.88. The van der Waals surface area contributed by atoms with Crippen LogP contribution < -0.4 is 5.32 Å². The lowest BCUT2D eigenvalue weighted by Crippen LogP contribution is -2.44. The molecule has 9 heteroatoms. The monoisotopic (exact) mass is 345 g/mol. The first-order valence-electron chi connectivity index (χ1n) is 7.07. The number of amides is 2. The zero-order chi connectivity index (χ0) is 17.2. The standard InChI is InChI=1S/C14H20NO7P/c1-8-6-9(14(18)15-13(8)17)12-7-10(16)11(22-12)4-5-23(19,20-2)21-3/h4-6,9-12,16H,7H2,1-3H3,(H,15,17,18)/b5-4+/t9?,10-,11-,12-/m1/s1. The molecule has 128 valence electrons. The number of carbonyl (C=O) groups excluding carboxylic acids is 2. The van der Waals surface area contributed by atoms with Gasteiger partial charge in [-0.25, -0.2) is 0 Å². The van der Waals surface area contributed by atoms with E-state index in [0.29, 0.717) is 5.57 Å². The third kappa shape index (κ3) is 3.97. The zero-order valence-electron chi connectivity index (χ0n) is 13.1. The van der Waals surface area contributed by atoms with Crippen molar-refractivity contribution in [3.63, 3.8) is 0 Å². The van der Waals surface area contributed by atoms with Crippen molar-refractivity contribution in [2.75, 3.05) is 14.2 Å². The largest absolute Gasteiger partial charge is 0.390 e. The lowest BCUT2D eigenvalue weighted by molar-refractivity contribution is -0.134. The molecule has 0 aromatic rings. The van der Waals surface area contributed by atoms with E-state index in [0.717, 1.165) is 0 Å². The van der Waals surface area contributed by atoms with Gasteiger partial charge in [-0.3, -0.25) is 19.5 Å². The molecule has 0 aromatic carbocycles. The van der Waals surface area contributed by atoms with Gasteiger partial charge in [0.1, 0.15) is 6.10 Å². The predicted molar refractivity (Wildman–Crippen MR) is 80.4 cm³/mol. The summed E-state index contributed by atoms with van der Waals surface area (Å²) >= 11 is 0. The predicted octanol–water partition coefficient (Wildman–Crippen LogP) is 0.723. The highest BCUT2D eigenvalue weighted by molar-refractivity contribution is 7.57. The lowest BCUT2D eigenvalue weighted by atomic mass is 9.93. The molecule has 1 fully saturated rings. The van der Waals surface area contributed by atoms with E-state index >= 15 is 0 Å². The van der Waals surface area contributed by atoms with Gasteiger partial charge >= 0.3 is 7.60 Å². The molecule has 0 aliphatic carbocycles. The maximum absolute atomic E-state index is 11.9. The Kier molecular flexibility index (Phi) is 5.54. The van der Waals surface area contributed by atoms with Gasteiger partial charge in [0, 0.05) is 32.0 Å². The first kappa shape index (κ1) is 18.0. The molecule has 23 heavy (non-hydrogen) atoms. The normalized spacial score (nSPS) is 32.3. The van der Waals surface area contributed by atoms with Gasteiger partial charge in [0.05, 0.1) is 18.1 Å². The molecule has 2 heterocycles. The van der Waals surface area contributed by atoms with E-state index in [1.54, 1.807) is 13.0 Å². The van der Waals surface area contributed by atoms with Crippen LogP contribution in [0, 0.1) is 5.92 Å². The minimum Gasteiger partial charge on any atom is -0.390 e. The molecule has 0 bridgehead atoms. The quantitative estimate of drug-likeness (QED) is 0.558. The number of rotatable bonds is 5. The van der Waals surface area contributed by atoms with E-state index in [1.807, 2.05) is 0 Å². The van der Waals surface area contributed by atoms with E-state index in [4.69, 9.17) is 13.8 Å². The van der Waals surface area contributed by atoms with Crippen molar-refractivity contribution in [1.29, 1.82) is 0 Å². The molecule has 0 saturated carbocycles. The molecular weight excluding hydrogens is 325 g/mol. The summed E-state index contributed by atoms with van der Waals surface area (Å²) in [5.74, 6) is -0.323. The Morgan fingerprint density at radius 1 is 1.39 bits per heavy atom. The maximum Gasteiger partial charge on any atom is 0.353 e. The number of carbonyl (C=O) groups is 2. The van der Waals surface area contributed by atoms with Gasteiger partial charge in [-0.05, 0) is 13.0 Å². The Morgan fingerprint density at radius 3 is 2.65 bits per heavy atom. The minimum atomic E-state index is -3.35.